The van der Waals surface area contributed by atoms with E-state index >= 15 is 0 Å². The zero-order valence-corrected chi connectivity index (χ0v) is 14.3. The van der Waals surface area contributed by atoms with Crippen LogP contribution in [0.25, 0.3) is 16.7 Å². The van der Waals surface area contributed by atoms with Gasteiger partial charge in [-0.05, 0) is 55.0 Å². The molecule has 0 radical (unpaired) electrons. The number of rotatable bonds is 1. The lowest BCUT2D eigenvalue weighted by atomic mass is 10.2. The van der Waals surface area contributed by atoms with Crippen LogP contribution in [0.15, 0.2) is 34.8 Å². The zero-order chi connectivity index (χ0) is 14.4. The Kier molecular flexibility index (Phi) is 3.67. The summed E-state index contributed by atoms with van der Waals surface area (Å²) in [6.07, 6.45) is 0. The SMILES string of the molecule is Cc1cc(Cl)c(-n2c(=S)[nH]c3ccc(Br)cc32)cc1Cl. The van der Waals surface area contributed by atoms with Crippen LogP contribution in [-0.4, -0.2) is 9.55 Å². The van der Waals surface area contributed by atoms with E-state index in [1.165, 1.54) is 0 Å². The molecule has 0 aliphatic heterocycles. The minimum Gasteiger partial charge on any atom is -0.330 e. The van der Waals surface area contributed by atoms with E-state index in [-0.39, 0.29) is 0 Å². The minimum absolute atomic E-state index is 0.583. The van der Waals surface area contributed by atoms with Gasteiger partial charge in [0.05, 0.1) is 21.7 Å². The zero-order valence-electron chi connectivity index (χ0n) is 10.4. The summed E-state index contributed by atoms with van der Waals surface area (Å²) in [5.41, 5.74) is 3.61. The third kappa shape index (κ3) is 2.31. The van der Waals surface area contributed by atoms with E-state index in [0.717, 1.165) is 26.8 Å². The second kappa shape index (κ2) is 5.19. The Morgan fingerprint density at radius 2 is 1.90 bits per heavy atom. The molecule has 6 heteroatoms. The molecule has 3 rings (SSSR count). The fourth-order valence-corrected chi connectivity index (χ4v) is 3.24. The number of nitrogens with zero attached hydrogens (tertiary/aromatic N) is 1. The van der Waals surface area contributed by atoms with E-state index in [1.54, 1.807) is 0 Å². The number of imidazole rings is 1. The van der Waals surface area contributed by atoms with Crippen LogP contribution < -0.4 is 0 Å². The maximum absolute atomic E-state index is 6.35. The smallest absolute Gasteiger partial charge is 0.182 e. The first-order chi connectivity index (χ1) is 9.47. The van der Waals surface area contributed by atoms with Crippen LogP contribution in [0.5, 0.6) is 0 Å². The van der Waals surface area contributed by atoms with Crippen molar-refractivity contribution < 1.29 is 0 Å². The summed E-state index contributed by atoms with van der Waals surface area (Å²) in [5.74, 6) is 0. The van der Waals surface area contributed by atoms with Crippen LogP contribution >= 0.6 is 51.3 Å². The van der Waals surface area contributed by atoms with Gasteiger partial charge in [-0.1, -0.05) is 39.1 Å². The van der Waals surface area contributed by atoms with Crippen molar-refractivity contribution in [2.75, 3.05) is 0 Å². The number of halogens is 3. The van der Waals surface area contributed by atoms with E-state index in [2.05, 4.69) is 20.9 Å². The van der Waals surface area contributed by atoms with Crippen molar-refractivity contribution in [1.29, 1.82) is 0 Å². The number of aromatic amines is 1. The van der Waals surface area contributed by atoms with Gasteiger partial charge in [0.15, 0.2) is 4.77 Å². The molecule has 1 N–H and O–H groups in total. The summed E-state index contributed by atoms with van der Waals surface area (Å²) in [6.45, 7) is 1.92. The lowest BCUT2D eigenvalue weighted by Gasteiger charge is -2.09. The molecule has 0 bridgehead atoms. The van der Waals surface area contributed by atoms with Crippen LogP contribution in [0.1, 0.15) is 5.56 Å². The maximum Gasteiger partial charge on any atom is 0.182 e. The summed E-state index contributed by atoms with van der Waals surface area (Å²) in [6, 6.07) is 9.60. The van der Waals surface area contributed by atoms with Gasteiger partial charge in [-0.3, -0.25) is 4.57 Å². The normalized spacial score (nSPS) is 11.2. The third-order valence-electron chi connectivity index (χ3n) is 3.11. The predicted octanol–water partition coefficient (Wildman–Crippen LogP) is 6.07. The number of hydrogen-bond donors (Lipinski definition) is 1. The minimum atomic E-state index is 0.583. The number of fused-ring (bicyclic) bond motifs is 1. The molecule has 0 fully saturated rings. The van der Waals surface area contributed by atoms with Crippen LogP contribution in [0.3, 0.4) is 0 Å². The first-order valence-electron chi connectivity index (χ1n) is 5.83. The Hall–Kier alpha value is -0.810. The van der Waals surface area contributed by atoms with E-state index < -0.39 is 0 Å². The molecule has 2 nitrogen and oxygen atoms in total. The van der Waals surface area contributed by atoms with Crippen molar-refractivity contribution in [3.63, 3.8) is 0 Å². The Morgan fingerprint density at radius 3 is 2.65 bits per heavy atom. The van der Waals surface area contributed by atoms with Crippen LogP contribution in [0.2, 0.25) is 10.0 Å². The second-order valence-electron chi connectivity index (χ2n) is 4.48. The average molecular weight is 388 g/mol. The molecule has 0 atom stereocenters. The van der Waals surface area contributed by atoms with Crippen molar-refractivity contribution >= 4 is 62.4 Å². The molecule has 20 heavy (non-hydrogen) atoms. The highest BCUT2D eigenvalue weighted by molar-refractivity contribution is 9.10. The topological polar surface area (TPSA) is 20.7 Å². The molecule has 0 aliphatic rings. The molecule has 0 spiro atoms. The van der Waals surface area contributed by atoms with Crippen molar-refractivity contribution in [2.45, 2.75) is 6.92 Å². The van der Waals surface area contributed by atoms with E-state index in [9.17, 15) is 0 Å². The maximum atomic E-state index is 6.35. The molecule has 0 unspecified atom stereocenters. The van der Waals surface area contributed by atoms with Gasteiger partial charge >= 0.3 is 0 Å². The fraction of sp³-hybridized carbons (Fsp3) is 0.0714. The molecule has 1 aromatic heterocycles. The molecule has 3 aromatic rings. The van der Waals surface area contributed by atoms with E-state index in [4.69, 9.17) is 35.4 Å². The summed E-state index contributed by atoms with van der Waals surface area (Å²) < 4.78 is 3.45. The number of nitrogens with one attached hydrogen (secondary N) is 1. The van der Waals surface area contributed by atoms with Gasteiger partial charge in [-0.25, -0.2) is 0 Å². The summed E-state index contributed by atoms with van der Waals surface area (Å²) in [5, 5.41) is 1.28. The first kappa shape index (κ1) is 14.1. The Morgan fingerprint density at radius 1 is 1.15 bits per heavy atom. The van der Waals surface area contributed by atoms with Gasteiger partial charge < -0.3 is 4.98 Å². The molecular weight excluding hydrogens is 379 g/mol. The summed E-state index contributed by atoms with van der Waals surface area (Å²) in [7, 11) is 0. The van der Waals surface area contributed by atoms with Gasteiger partial charge in [0.25, 0.3) is 0 Å². The van der Waals surface area contributed by atoms with Gasteiger partial charge in [-0.2, -0.15) is 0 Å². The van der Waals surface area contributed by atoms with Crippen LogP contribution in [0, 0.1) is 11.7 Å². The molecule has 2 aromatic carbocycles. The van der Waals surface area contributed by atoms with E-state index in [1.807, 2.05) is 41.8 Å². The van der Waals surface area contributed by atoms with Gasteiger partial charge in [-0.15, -0.1) is 0 Å². The lowest BCUT2D eigenvalue weighted by molar-refractivity contribution is 1.06. The number of benzene rings is 2. The highest BCUT2D eigenvalue weighted by Gasteiger charge is 2.12. The highest BCUT2D eigenvalue weighted by atomic mass is 79.9. The molecule has 0 aliphatic carbocycles. The van der Waals surface area contributed by atoms with Gasteiger partial charge in [0, 0.05) is 9.50 Å². The monoisotopic (exact) mass is 386 g/mol. The fourth-order valence-electron chi connectivity index (χ4n) is 2.12. The van der Waals surface area contributed by atoms with Gasteiger partial charge in [0.1, 0.15) is 0 Å². The second-order valence-corrected chi connectivity index (χ2v) is 6.60. The Labute approximate surface area is 139 Å². The molecule has 0 saturated carbocycles. The molecule has 0 saturated heterocycles. The van der Waals surface area contributed by atoms with Crippen molar-refractivity contribution in [3.8, 4) is 5.69 Å². The number of H-pyrrole nitrogens is 1. The number of aryl methyl sites for hydroxylation is 1. The Balaban J connectivity index is 2.40. The summed E-state index contributed by atoms with van der Waals surface area (Å²) in [4.78, 5) is 3.17. The van der Waals surface area contributed by atoms with Gasteiger partial charge in [0.2, 0.25) is 0 Å². The van der Waals surface area contributed by atoms with Crippen LogP contribution in [0.4, 0.5) is 0 Å². The number of hydrogen-bond acceptors (Lipinski definition) is 1. The van der Waals surface area contributed by atoms with Crippen molar-refractivity contribution in [3.05, 3.63) is 55.2 Å². The van der Waals surface area contributed by atoms with Crippen LogP contribution in [-0.2, 0) is 0 Å². The molecular formula is C14H9BrCl2N2S. The highest BCUT2D eigenvalue weighted by Crippen LogP contribution is 2.31. The third-order valence-corrected chi connectivity index (χ3v) is 4.60. The first-order valence-corrected chi connectivity index (χ1v) is 7.79. The lowest BCUT2D eigenvalue weighted by Crippen LogP contribution is -1.96. The molecule has 102 valence electrons. The predicted molar refractivity (Wildman–Crippen MR) is 90.9 cm³/mol. The summed E-state index contributed by atoms with van der Waals surface area (Å²) >= 11 is 21.4. The Bertz CT molecular complexity index is 883. The largest absolute Gasteiger partial charge is 0.330 e. The van der Waals surface area contributed by atoms with Crippen molar-refractivity contribution in [1.82, 2.24) is 9.55 Å². The standard InChI is InChI=1S/C14H9BrCl2N2S/c1-7-4-10(17)12(6-9(7)16)19-13-5-8(15)2-3-11(13)18-14(19)20/h2-6H,1H3,(H,18,20). The number of aromatic nitrogens is 2. The average Bonchev–Trinajstić information content (AvgIpc) is 2.69. The quantitative estimate of drug-likeness (QED) is 0.502. The molecule has 0 amide bonds. The van der Waals surface area contributed by atoms with Crippen molar-refractivity contribution in [2.24, 2.45) is 0 Å². The molecule has 1 heterocycles. The van der Waals surface area contributed by atoms with E-state index in [0.29, 0.717) is 14.8 Å².